The molecule has 0 fully saturated rings. The quantitative estimate of drug-likeness (QED) is 0.182. The molecule has 10 aromatic rings. The van der Waals surface area contributed by atoms with E-state index in [0.717, 1.165) is 88.2 Å². The molecule has 0 aliphatic rings. The van der Waals surface area contributed by atoms with E-state index in [0.29, 0.717) is 0 Å². The van der Waals surface area contributed by atoms with Gasteiger partial charge in [-0.25, -0.2) is 4.98 Å². The van der Waals surface area contributed by atoms with E-state index in [4.69, 9.17) is 9.97 Å². The molecule has 0 unspecified atom stereocenters. The summed E-state index contributed by atoms with van der Waals surface area (Å²) in [5.41, 5.74) is 10.5. The van der Waals surface area contributed by atoms with Crippen molar-refractivity contribution in [3.8, 4) is 39.2 Å². The van der Waals surface area contributed by atoms with Gasteiger partial charge in [0.1, 0.15) is 5.82 Å². The van der Waals surface area contributed by atoms with Crippen molar-refractivity contribution in [2.75, 3.05) is 0 Å². The Morgan fingerprint density at radius 2 is 1.10 bits per heavy atom. The van der Waals surface area contributed by atoms with E-state index < -0.39 is 0 Å². The van der Waals surface area contributed by atoms with Crippen LogP contribution in [0.25, 0.3) is 93.6 Å². The molecule has 6 nitrogen and oxygen atoms in total. The van der Waals surface area contributed by atoms with Gasteiger partial charge in [-0.15, -0.1) is 0 Å². The van der Waals surface area contributed by atoms with Gasteiger partial charge >= 0.3 is 0 Å². The second kappa shape index (κ2) is 10.9. The molecule has 49 heavy (non-hydrogen) atoms. The fourth-order valence-electron chi connectivity index (χ4n) is 7.28. The first kappa shape index (κ1) is 27.3. The van der Waals surface area contributed by atoms with Gasteiger partial charge in [-0.05, 0) is 82.7 Å². The standard InChI is InChI=1S/C43H26N6/c1-2-11-34-32(10-1)36(30-9-4-18-45-25-30)23-38-37-21-27(29-8-3-17-44-24-29)13-15-39(37)49(43(34)38)40-16-14-31(26-48-40)35-22-28-7-5-19-46-41(28)42-33(35)12-6-20-47-42/h1-26H. The van der Waals surface area contributed by atoms with Crippen LogP contribution in [-0.4, -0.2) is 29.5 Å². The molecule has 0 radical (unpaired) electrons. The third-order valence-corrected chi connectivity index (χ3v) is 9.48. The molecular weight excluding hydrogens is 601 g/mol. The SMILES string of the molecule is c1cncc(-c2ccc3c(c2)c2cc(-c4cccnc4)c4ccccc4c2n3-c2ccc(-c3cc4cccnc4c4ncccc34)cn2)c1. The van der Waals surface area contributed by atoms with Crippen molar-refractivity contribution in [2.24, 2.45) is 0 Å². The summed E-state index contributed by atoms with van der Waals surface area (Å²) in [4.78, 5) is 23.4. The summed E-state index contributed by atoms with van der Waals surface area (Å²) in [5, 5.41) is 6.73. The highest BCUT2D eigenvalue weighted by atomic mass is 15.1. The molecular formula is C43H26N6. The van der Waals surface area contributed by atoms with Crippen LogP contribution in [0.3, 0.4) is 0 Å². The van der Waals surface area contributed by atoms with Crippen LogP contribution in [0.5, 0.6) is 0 Å². The summed E-state index contributed by atoms with van der Waals surface area (Å²) in [6.45, 7) is 0. The zero-order chi connectivity index (χ0) is 32.3. The number of pyridine rings is 5. The normalized spacial score (nSPS) is 11.7. The molecule has 0 atom stereocenters. The molecule has 4 aromatic carbocycles. The Labute approximate surface area is 281 Å². The molecule has 0 N–H and O–H groups in total. The average Bonchev–Trinajstić information content (AvgIpc) is 3.52. The molecule has 10 rings (SSSR count). The van der Waals surface area contributed by atoms with Crippen molar-refractivity contribution in [3.05, 3.63) is 159 Å². The fourth-order valence-corrected chi connectivity index (χ4v) is 7.28. The highest BCUT2D eigenvalue weighted by molar-refractivity contribution is 6.22. The van der Waals surface area contributed by atoms with E-state index in [1.165, 1.54) is 5.39 Å². The van der Waals surface area contributed by atoms with Gasteiger partial charge < -0.3 is 0 Å². The molecule has 0 aliphatic heterocycles. The number of hydrogen-bond acceptors (Lipinski definition) is 5. The lowest BCUT2D eigenvalue weighted by atomic mass is 9.95. The lowest BCUT2D eigenvalue weighted by Crippen LogP contribution is -1.98. The molecule has 0 aliphatic carbocycles. The molecule has 228 valence electrons. The summed E-state index contributed by atoms with van der Waals surface area (Å²) < 4.78 is 2.31. The van der Waals surface area contributed by atoms with Gasteiger partial charge in [0.2, 0.25) is 0 Å². The largest absolute Gasteiger partial charge is 0.293 e. The first-order valence-electron chi connectivity index (χ1n) is 16.2. The van der Waals surface area contributed by atoms with Crippen LogP contribution in [0.15, 0.2) is 159 Å². The minimum Gasteiger partial charge on any atom is -0.293 e. The minimum atomic E-state index is 0.849. The average molecular weight is 627 g/mol. The molecule has 0 amide bonds. The molecule has 6 heterocycles. The molecule has 0 spiro atoms. The summed E-state index contributed by atoms with van der Waals surface area (Å²) in [6.07, 6.45) is 13.1. The lowest BCUT2D eigenvalue weighted by molar-refractivity contribution is 1.09. The molecule has 6 aromatic heterocycles. The zero-order valence-corrected chi connectivity index (χ0v) is 26.2. The molecule has 0 bridgehead atoms. The third-order valence-electron chi connectivity index (χ3n) is 9.48. The summed E-state index contributed by atoms with van der Waals surface area (Å²) >= 11 is 0. The molecule has 6 heteroatoms. The van der Waals surface area contributed by atoms with E-state index >= 15 is 0 Å². The van der Waals surface area contributed by atoms with E-state index in [9.17, 15) is 0 Å². The van der Waals surface area contributed by atoms with Crippen molar-refractivity contribution >= 4 is 54.4 Å². The highest BCUT2D eigenvalue weighted by Crippen LogP contribution is 2.42. The molecule has 0 saturated heterocycles. The second-order valence-corrected chi connectivity index (χ2v) is 12.2. The number of benzene rings is 4. The van der Waals surface area contributed by atoms with Gasteiger partial charge in [0.05, 0.1) is 22.1 Å². The zero-order valence-electron chi connectivity index (χ0n) is 26.2. The lowest BCUT2D eigenvalue weighted by Gasteiger charge is -2.13. The number of nitrogens with zero attached hydrogens (tertiary/aromatic N) is 6. The van der Waals surface area contributed by atoms with Crippen LogP contribution in [0.4, 0.5) is 0 Å². The van der Waals surface area contributed by atoms with Gasteiger partial charge in [-0.2, -0.15) is 0 Å². The Bertz CT molecular complexity index is 2860. The van der Waals surface area contributed by atoms with Gasteiger partial charge in [-0.1, -0.05) is 54.6 Å². The predicted molar refractivity (Wildman–Crippen MR) is 199 cm³/mol. The van der Waals surface area contributed by atoms with Crippen molar-refractivity contribution in [2.45, 2.75) is 0 Å². The van der Waals surface area contributed by atoms with Crippen LogP contribution in [0.2, 0.25) is 0 Å². The van der Waals surface area contributed by atoms with Crippen molar-refractivity contribution < 1.29 is 0 Å². The van der Waals surface area contributed by atoms with Crippen LogP contribution in [0.1, 0.15) is 0 Å². The monoisotopic (exact) mass is 626 g/mol. The van der Waals surface area contributed by atoms with Crippen LogP contribution >= 0.6 is 0 Å². The van der Waals surface area contributed by atoms with Crippen LogP contribution < -0.4 is 0 Å². The Kier molecular flexibility index (Phi) is 6.08. The van der Waals surface area contributed by atoms with E-state index in [-0.39, 0.29) is 0 Å². The maximum Gasteiger partial charge on any atom is 0.137 e. The number of hydrogen-bond donors (Lipinski definition) is 0. The maximum atomic E-state index is 5.16. The Morgan fingerprint density at radius 1 is 0.408 bits per heavy atom. The third kappa shape index (κ3) is 4.31. The number of rotatable bonds is 4. The first-order valence-corrected chi connectivity index (χ1v) is 16.2. The molecule has 0 saturated carbocycles. The van der Waals surface area contributed by atoms with Crippen molar-refractivity contribution in [3.63, 3.8) is 0 Å². The predicted octanol–water partition coefficient (Wildman–Crippen LogP) is 10.2. The van der Waals surface area contributed by atoms with Crippen molar-refractivity contribution in [1.82, 2.24) is 29.5 Å². The second-order valence-electron chi connectivity index (χ2n) is 12.2. The van der Waals surface area contributed by atoms with E-state index in [1.807, 2.05) is 67.6 Å². The number of fused-ring (bicyclic) bond motifs is 8. The minimum absolute atomic E-state index is 0.849. The maximum absolute atomic E-state index is 5.16. The van der Waals surface area contributed by atoms with Gasteiger partial charge in [0.15, 0.2) is 0 Å². The van der Waals surface area contributed by atoms with Gasteiger partial charge in [0.25, 0.3) is 0 Å². The van der Waals surface area contributed by atoms with Crippen LogP contribution in [-0.2, 0) is 0 Å². The summed E-state index contributed by atoms with van der Waals surface area (Å²) in [6, 6.07) is 40.4. The Hall–Kier alpha value is -6.79. The Morgan fingerprint density at radius 3 is 1.90 bits per heavy atom. The number of aromatic nitrogens is 6. The van der Waals surface area contributed by atoms with E-state index in [2.05, 4.69) is 111 Å². The van der Waals surface area contributed by atoms with E-state index in [1.54, 1.807) is 0 Å². The van der Waals surface area contributed by atoms with Crippen molar-refractivity contribution in [1.29, 1.82) is 0 Å². The fraction of sp³-hybridized carbons (Fsp3) is 0. The van der Waals surface area contributed by atoms with Crippen LogP contribution in [0, 0.1) is 0 Å². The topological polar surface area (TPSA) is 69.4 Å². The van der Waals surface area contributed by atoms with Gasteiger partial charge in [0, 0.05) is 87.0 Å². The summed E-state index contributed by atoms with van der Waals surface area (Å²) in [5.74, 6) is 0.849. The first-order chi connectivity index (χ1) is 24.3. The Balaban J connectivity index is 1.24. The smallest absolute Gasteiger partial charge is 0.137 e. The highest BCUT2D eigenvalue weighted by Gasteiger charge is 2.20. The van der Waals surface area contributed by atoms with Gasteiger partial charge in [-0.3, -0.25) is 24.5 Å². The summed E-state index contributed by atoms with van der Waals surface area (Å²) in [7, 11) is 0.